The molecule has 1 aromatic heterocycles. The highest BCUT2D eigenvalue weighted by molar-refractivity contribution is 6.07. The third-order valence-electron chi connectivity index (χ3n) is 4.37. The van der Waals surface area contributed by atoms with E-state index in [1.54, 1.807) is 18.2 Å². The summed E-state index contributed by atoms with van der Waals surface area (Å²) >= 11 is 0. The van der Waals surface area contributed by atoms with Crippen molar-refractivity contribution >= 4 is 34.0 Å². The number of aliphatic imine (C=N–C) groups is 1. The van der Waals surface area contributed by atoms with E-state index in [2.05, 4.69) is 10.3 Å². The van der Waals surface area contributed by atoms with Crippen molar-refractivity contribution in [3.63, 3.8) is 0 Å². The lowest BCUT2D eigenvalue weighted by Crippen LogP contribution is -2.39. The molecular formula is C20H19F3N4O2. The molecule has 9 heteroatoms. The molecule has 29 heavy (non-hydrogen) atoms. The summed E-state index contributed by atoms with van der Waals surface area (Å²) in [5.41, 5.74) is 12.7. The molecule has 0 bridgehead atoms. The number of carbonyl (C=O) groups excluding carboxylic acids is 1. The summed E-state index contributed by atoms with van der Waals surface area (Å²) in [6.07, 6.45) is -5.04. The van der Waals surface area contributed by atoms with Crippen LogP contribution in [0.2, 0.25) is 0 Å². The van der Waals surface area contributed by atoms with Gasteiger partial charge in [-0.1, -0.05) is 18.2 Å². The number of hydrogen-bond donors (Lipinski definition) is 3. The minimum atomic E-state index is -4.54. The minimum Gasteiger partial charge on any atom is -0.451 e. The highest BCUT2D eigenvalue weighted by Gasteiger charge is 2.37. The Hall–Kier alpha value is -3.33. The highest BCUT2D eigenvalue weighted by atomic mass is 19.4. The van der Waals surface area contributed by atoms with Gasteiger partial charge >= 0.3 is 6.18 Å². The summed E-state index contributed by atoms with van der Waals surface area (Å²) in [4.78, 5) is 16.3. The van der Waals surface area contributed by atoms with Crippen LogP contribution in [0.25, 0.3) is 11.0 Å². The number of alkyl halides is 3. The summed E-state index contributed by atoms with van der Waals surface area (Å²) in [7, 11) is 1.37. The van der Waals surface area contributed by atoms with E-state index >= 15 is 0 Å². The van der Waals surface area contributed by atoms with Crippen LogP contribution in [-0.2, 0) is 0 Å². The minimum absolute atomic E-state index is 0.126. The van der Waals surface area contributed by atoms with Gasteiger partial charge in [0, 0.05) is 41.5 Å². The summed E-state index contributed by atoms with van der Waals surface area (Å²) in [6, 6.07) is 11.2. The van der Waals surface area contributed by atoms with Crippen molar-refractivity contribution < 1.29 is 22.4 Å². The fraction of sp³-hybridized carbons (Fsp3) is 0.200. The van der Waals surface area contributed by atoms with Gasteiger partial charge in [-0.3, -0.25) is 9.79 Å². The van der Waals surface area contributed by atoms with Crippen molar-refractivity contribution in [2.24, 2.45) is 10.7 Å². The van der Waals surface area contributed by atoms with Crippen molar-refractivity contribution in [1.82, 2.24) is 0 Å². The van der Waals surface area contributed by atoms with Crippen LogP contribution in [0.3, 0.4) is 0 Å². The van der Waals surface area contributed by atoms with Crippen LogP contribution >= 0.6 is 0 Å². The number of nitrogens with two attached hydrogens (primary N) is 2. The van der Waals surface area contributed by atoms with Crippen molar-refractivity contribution in [1.29, 1.82) is 0 Å². The van der Waals surface area contributed by atoms with Crippen LogP contribution in [0.4, 0.5) is 24.5 Å². The molecule has 1 atom stereocenters. The third-order valence-corrected chi connectivity index (χ3v) is 4.37. The second kappa shape index (κ2) is 7.96. The van der Waals surface area contributed by atoms with E-state index in [0.717, 1.165) is 5.39 Å². The molecule has 152 valence electrons. The largest absolute Gasteiger partial charge is 0.451 e. The SMILES string of the molecule is CN=C(CC(N)C(F)(F)F)c1ccc(NC(=O)c2cc3ccccc3o2)cc1N. The van der Waals surface area contributed by atoms with Gasteiger partial charge in [-0.25, -0.2) is 0 Å². The maximum atomic E-state index is 12.7. The van der Waals surface area contributed by atoms with E-state index in [-0.39, 0.29) is 17.2 Å². The number of nitrogens with zero attached hydrogens (tertiary/aromatic N) is 1. The Morgan fingerprint density at radius 2 is 1.93 bits per heavy atom. The van der Waals surface area contributed by atoms with Gasteiger partial charge < -0.3 is 21.2 Å². The Balaban J connectivity index is 1.77. The average molecular weight is 404 g/mol. The second-order valence-corrected chi connectivity index (χ2v) is 6.43. The van der Waals surface area contributed by atoms with E-state index in [9.17, 15) is 18.0 Å². The standard InChI is InChI=1S/C20H19F3N4O2/c1-26-15(10-18(25)20(21,22)23)13-7-6-12(9-14(13)24)27-19(28)17-8-11-4-2-3-5-16(11)29-17/h2-9,18H,10,24-25H2,1H3,(H,27,28). The van der Waals surface area contributed by atoms with Gasteiger partial charge in [0.2, 0.25) is 0 Å². The van der Waals surface area contributed by atoms with Gasteiger partial charge in [0.15, 0.2) is 5.76 Å². The van der Waals surface area contributed by atoms with E-state index in [0.29, 0.717) is 16.8 Å². The van der Waals surface area contributed by atoms with Gasteiger partial charge in [-0.15, -0.1) is 0 Å². The molecule has 0 aliphatic heterocycles. The number of anilines is 2. The molecule has 0 aliphatic carbocycles. The number of benzene rings is 2. The molecule has 1 amide bonds. The molecule has 3 aromatic rings. The molecule has 1 heterocycles. The predicted molar refractivity (Wildman–Crippen MR) is 106 cm³/mol. The quantitative estimate of drug-likeness (QED) is 0.442. The number of rotatable bonds is 5. The number of para-hydroxylation sites is 1. The van der Waals surface area contributed by atoms with Crippen LogP contribution in [0.15, 0.2) is 57.9 Å². The number of nitrogen functional groups attached to an aromatic ring is 1. The number of amides is 1. The normalized spacial score (nSPS) is 13.5. The van der Waals surface area contributed by atoms with E-state index in [1.165, 1.54) is 25.2 Å². The molecule has 0 saturated heterocycles. The van der Waals surface area contributed by atoms with Crippen LogP contribution in [0, 0.1) is 0 Å². The number of carbonyl (C=O) groups is 1. The molecular weight excluding hydrogens is 385 g/mol. The van der Waals surface area contributed by atoms with Gasteiger partial charge in [-0.05, 0) is 30.3 Å². The second-order valence-electron chi connectivity index (χ2n) is 6.43. The van der Waals surface area contributed by atoms with Crippen molar-refractivity contribution in [3.05, 3.63) is 59.9 Å². The van der Waals surface area contributed by atoms with Crippen molar-refractivity contribution in [3.8, 4) is 0 Å². The Bertz CT molecular complexity index is 1040. The third kappa shape index (κ3) is 4.57. The summed E-state index contributed by atoms with van der Waals surface area (Å²) in [5, 5.41) is 3.44. The molecule has 2 aromatic carbocycles. The molecule has 6 nitrogen and oxygen atoms in total. The van der Waals surface area contributed by atoms with Gasteiger partial charge in [0.1, 0.15) is 11.6 Å². The van der Waals surface area contributed by atoms with E-state index in [4.69, 9.17) is 15.9 Å². The first-order valence-corrected chi connectivity index (χ1v) is 8.67. The predicted octanol–water partition coefficient (Wildman–Crippen LogP) is 3.97. The summed E-state index contributed by atoms with van der Waals surface area (Å²) < 4.78 is 43.7. The lowest BCUT2D eigenvalue weighted by Gasteiger charge is -2.18. The number of hydrogen-bond acceptors (Lipinski definition) is 5. The molecule has 0 radical (unpaired) electrons. The maximum Gasteiger partial charge on any atom is 0.404 e. The lowest BCUT2D eigenvalue weighted by atomic mass is 10.0. The average Bonchev–Trinajstić information content (AvgIpc) is 3.10. The topological polar surface area (TPSA) is 107 Å². The van der Waals surface area contributed by atoms with E-state index in [1.807, 2.05) is 12.1 Å². The Morgan fingerprint density at radius 1 is 1.21 bits per heavy atom. The van der Waals surface area contributed by atoms with Gasteiger partial charge in [0.05, 0.1) is 0 Å². The van der Waals surface area contributed by atoms with Crippen LogP contribution < -0.4 is 16.8 Å². The Labute approximate surface area is 164 Å². The highest BCUT2D eigenvalue weighted by Crippen LogP contribution is 2.26. The zero-order valence-corrected chi connectivity index (χ0v) is 15.5. The molecule has 3 rings (SSSR count). The fourth-order valence-corrected chi connectivity index (χ4v) is 2.84. The van der Waals surface area contributed by atoms with Gasteiger partial charge in [0.25, 0.3) is 5.91 Å². The van der Waals surface area contributed by atoms with Crippen LogP contribution in [0.5, 0.6) is 0 Å². The number of furan rings is 1. The number of nitrogens with one attached hydrogen (secondary N) is 1. The molecule has 1 unspecified atom stereocenters. The Kier molecular flexibility index (Phi) is 5.60. The monoisotopic (exact) mass is 404 g/mol. The molecule has 0 aliphatic rings. The molecule has 5 N–H and O–H groups in total. The van der Waals surface area contributed by atoms with Crippen LogP contribution in [0.1, 0.15) is 22.5 Å². The van der Waals surface area contributed by atoms with Crippen molar-refractivity contribution in [2.45, 2.75) is 18.6 Å². The fourth-order valence-electron chi connectivity index (χ4n) is 2.84. The first kappa shape index (κ1) is 20.4. The Morgan fingerprint density at radius 3 is 2.55 bits per heavy atom. The van der Waals surface area contributed by atoms with Crippen LogP contribution in [-0.4, -0.2) is 30.9 Å². The number of fused-ring (bicyclic) bond motifs is 1. The first-order valence-electron chi connectivity index (χ1n) is 8.67. The van der Waals surface area contributed by atoms with E-state index < -0.39 is 24.5 Å². The summed E-state index contributed by atoms with van der Waals surface area (Å²) in [5.74, 6) is -0.349. The maximum absolute atomic E-state index is 12.7. The zero-order valence-electron chi connectivity index (χ0n) is 15.5. The van der Waals surface area contributed by atoms with Crippen molar-refractivity contribution in [2.75, 3.05) is 18.1 Å². The number of halogens is 3. The first-order chi connectivity index (χ1) is 13.7. The lowest BCUT2D eigenvalue weighted by molar-refractivity contribution is -0.145. The summed E-state index contributed by atoms with van der Waals surface area (Å²) in [6.45, 7) is 0. The zero-order chi connectivity index (χ0) is 21.2. The molecule has 0 saturated carbocycles. The smallest absolute Gasteiger partial charge is 0.404 e. The van der Waals surface area contributed by atoms with Gasteiger partial charge in [-0.2, -0.15) is 13.2 Å². The molecule has 0 spiro atoms. The molecule has 0 fully saturated rings.